The molecule has 1 saturated heterocycles. The summed E-state index contributed by atoms with van der Waals surface area (Å²) in [6, 6.07) is 1.56. The Balaban J connectivity index is 2.11. The van der Waals surface area contributed by atoms with Crippen molar-refractivity contribution in [1.82, 2.24) is 15.2 Å². The second-order valence-electron chi connectivity index (χ2n) is 3.66. The van der Waals surface area contributed by atoms with Crippen LogP contribution in [-0.4, -0.2) is 41.3 Å². The lowest BCUT2D eigenvalue weighted by atomic mass is 10.3. The smallest absolute Gasteiger partial charge is 0.270 e. The van der Waals surface area contributed by atoms with Crippen LogP contribution in [0.4, 0.5) is 0 Å². The highest BCUT2D eigenvalue weighted by Gasteiger charge is 2.21. The molecule has 1 aromatic heterocycles. The van der Waals surface area contributed by atoms with Gasteiger partial charge in [0.1, 0.15) is 5.69 Å². The highest BCUT2D eigenvalue weighted by Crippen LogP contribution is 2.12. The van der Waals surface area contributed by atoms with Crippen LogP contribution in [0.2, 0.25) is 5.02 Å². The predicted octanol–water partition coefficient (Wildman–Crippen LogP) is 0.630. The quantitative estimate of drug-likeness (QED) is 0.758. The molecule has 1 aromatic rings. The van der Waals surface area contributed by atoms with Gasteiger partial charge in [-0.2, -0.15) is 0 Å². The average Bonchev–Trinajstić information content (AvgIpc) is 2.56. The van der Waals surface area contributed by atoms with Gasteiger partial charge < -0.3 is 15.2 Å². The molecule has 5 nitrogen and oxygen atoms in total. The van der Waals surface area contributed by atoms with Gasteiger partial charge in [-0.3, -0.25) is 9.59 Å². The first-order valence-electron chi connectivity index (χ1n) is 5.07. The molecule has 0 atom stereocenters. The molecule has 0 aliphatic carbocycles. The maximum absolute atomic E-state index is 12.0. The van der Waals surface area contributed by atoms with Crippen molar-refractivity contribution in [1.29, 1.82) is 0 Å². The van der Waals surface area contributed by atoms with E-state index in [0.29, 0.717) is 23.8 Å². The molecular formula is C10H12ClN3O2. The van der Waals surface area contributed by atoms with Crippen LogP contribution >= 0.6 is 11.6 Å². The number of aromatic nitrogens is 1. The zero-order valence-electron chi connectivity index (χ0n) is 8.62. The minimum absolute atomic E-state index is 0.107. The lowest BCUT2D eigenvalue weighted by molar-refractivity contribution is -0.121. The maximum Gasteiger partial charge on any atom is 0.270 e. The number of hydrogen-bond acceptors (Lipinski definition) is 2. The van der Waals surface area contributed by atoms with Crippen molar-refractivity contribution in [2.75, 3.05) is 19.6 Å². The Kier molecular flexibility index (Phi) is 3.14. The van der Waals surface area contributed by atoms with E-state index >= 15 is 0 Å². The van der Waals surface area contributed by atoms with Crippen molar-refractivity contribution >= 4 is 23.4 Å². The third-order valence-electron chi connectivity index (χ3n) is 2.43. The first kappa shape index (κ1) is 11.0. The van der Waals surface area contributed by atoms with Crippen LogP contribution in [0.5, 0.6) is 0 Å². The molecule has 0 aromatic carbocycles. The van der Waals surface area contributed by atoms with E-state index < -0.39 is 0 Å². The molecule has 16 heavy (non-hydrogen) atoms. The molecule has 1 aliphatic heterocycles. The molecular weight excluding hydrogens is 230 g/mol. The highest BCUT2D eigenvalue weighted by molar-refractivity contribution is 6.30. The molecule has 2 heterocycles. The van der Waals surface area contributed by atoms with E-state index in [1.807, 2.05) is 0 Å². The standard InChI is InChI=1S/C10H12ClN3O2/c11-7-4-8(13-5-7)10(16)14-3-1-2-12-9(15)6-14/h4-5,13H,1-3,6H2,(H,12,15). The van der Waals surface area contributed by atoms with Gasteiger partial charge in [0.2, 0.25) is 5.91 Å². The summed E-state index contributed by atoms with van der Waals surface area (Å²) in [5.74, 6) is -0.313. The van der Waals surface area contributed by atoms with Gasteiger partial charge in [0, 0.05) is 19.3 Å². The number of carbonyl (C=O) groups is 2. The highest BCUT2D eigenvalue weighted by atomic mass is 35.5. The fourth-order valence-electron chi connectivity index (χ4n) is 1.64. The molecule has 6 heteroatoms. The molecule has 1 aliphatic rings. The Morgan fingerprint density at radius 2 is 2.31 bits per heavy atom. The first-order chi connectivity index (χ1) is 7.66. The van der Waals surface area contributed by atoms with Crippen molar-refractivity contribution in [2.45, 2.75) is 6.42 Å². The van der Waals surface area contributed by atoms with Crippen LogP contribution in [0.25, 0.3) is 0 Å². The van der Waals surface area contributed by atoms with E-state index in [-0.39, 0.29) is 18.4 Å². The summed E-state index contributed by atoms with van der Waals surface area (Å²) in [4.78, 5) is 27.6. The van der Waals surface area contributed by atoms with Gasteiger partial charge in [-0.25, -0.2) is 0 Å². The van der Waals surface area contributed by atoms with Crippen molar-refractivity contribution < 1.29 is 9.59 Å². The molecule has 0 bridgehead atoms. The third-order valence-corrected chi connectivity index (χ3v) is 2.65. The minimum atomic E-state index is -0.191. The van der Waals surface area contributed by atoms with Crippen LogP contribution in [0.1, 0.15) is 16.9 Å². The van der Waals surface area contributed by atoms with Crippen molar-refractivity contribution in [3.8, 4) is 0 Å². The van der Waals surface area contributed by atoms with Gasteiger partial charge in [0.15, 0.2) is 0 Å². The molecule has 2 amide bonds. The fourth-order valence-corrected chi connectivity index (χ4v) is 1.80. The van der Waals surface area contributed by atoms with E-state index in [1.54, 1.807) is 12.3 Å². The Bertz CT molecular complexity index is 416. The van der Waals surface area contributed by atoms with Crippen LogP contribution in [0.3, 0.4) is 0 Å². The topological polar surface area (TPSA) is 65.2 Å². The number of aromatic amines is 1. The van der Waals surface area contributed by atoms with E-state index in [0.717, 1.165) is 6.42 Å². The van der Waals surface area contributed by atoms with E-state index in [4.69, 9.17) is 11.6 Å². The van der Waals surface area contributed by atoms with Crippen molar-refractivity contribution in [3.05, 3.63) is 23.0 Å². The SMILES string of the molecule is O=C1CN(C(=O)c2cc(Cl)c[nH]2)CCCN1. The predicted molar refractivity (Wildman–Crippen MR) is 59.3 cm³/mol. The zero-order valence-corrected chi connectivity index (χ0v) is 9.38. The number of nitrogens with zero attached hydrogens (tertiary/aromatic N) is 1. The zero-order chi connectivity index (χ0) is 11.5. The van der Waals surface area contributed by atoms with Gasteiger partial charge in [0.05, 0.1) is 11.6 Å². The number of H-pyrrole nitrogens is 1. The van der Waals surface area contributed by atoms with Crippen LogP contribution in [0, 0.1) is 0 Å². The summed E-state index contributed by atoms with van der Waals surface area (Å²) in [6.45, 7) is 1.30. The summed E-state index contributed by atoms with van der Waals surface area (Å²) in [5, 5.41) is 3.21. The molecule has 2 rings (SSSR count). The average molecular weight is 242 g/mol. The second-order valence-corrected chi connectivity index (χ2v) is 4.10. The summed E-state index contributed by atoms with van der Waals surface area (Å²) < 4.78 is 0. The van der Waals surface area contributed by atoms with Crippen LogP contribution in [0.15, 0.2) is 12.3 Å². The molecule has 1 fully saturated rings. The maximum atomic E-state index is 12.0. The van der Waals surface area contributed by atoms with Crippen molar-refractivity contribution in [3.63, 3.8) is 0 Å². The van der Waals surface area contributed by atoms with Gasteiger partial charge in [-0.05, 0) is 12.5 Å². The van der Waals surface area contributed by atoms with Crippen molar-refractivity contribution in [2.24, 2.45) is 0 Å². The number of carbonyl (C=O) groups excluding carboxylic acids is 2. The summed E-state index contributed by atoms with van der Waals surface area (Å²) in [5.41, 5.74) is 0.416. The summed E-state index contributed by atoms with van der Waals surface area (Å²) in [7, 11) is 0. The largest absolute Gasteiger partial charge is 0.356 e. The second kappa shape index (κ2) is 4.57. The monoisotopic (exact) mass is 241 g/mol. The fraction of sp³-hybridized carbons (Fsp3) is 0.400. The Labute approximate surface area is 97.8 Å². The van der Waals surface area contributed by atoms with Crippen LogP contribution < -0.4 is 5.32 Å². The van der Waals surface area contributed by atoms with E-state index in [2.05, 4.69) is 10.3 Å². The van der Waals surface area contributed by atoms with Gasteiger partial charge in [-0.1, -0.05) is 11.6 Å². The number of hydrogen-bond donors (Lipinski definition) is 2. The number of rotatable bonds is 1. The normalized spacial score (nSPS) is 16.8. The lowest BCUT2D eigenvalue weighted by Gasteiger charge is -2.17. The molecule has 0 saturated carbocycles. The van der Waals surface area contributed by atoms with E-state index in [9.17, 15) is 9.59 Å². The Hall–Kier alpha value is -1.49. The minimum Gasteiger partial charge on any atom is -0.356 e. The lowest BCUT2D eigenvalue weighted by Crippen LogP contribution is -2.37. The van der Waals surface area contributed by atoms with Gasteiger partial charge in [0.25, 0.3) is 5.91 Å². The molecule has 0 unspecified atom stereocenters. The number of nitrogens with one attached hydrogen (secondary N) is 2. The third kappa shape index (κ3) is 2.36. The Morgan fingerprint density at radius 1 is 1.50 bits per heavy atom. The van der Waals surface area contributed by atoms with Gasteiger partial charge >= 0.3 is 0 Å². The molecule has 2 N–H and O–H groups in total. The number of halogens is 1. The van der Waals surface area contributed by atoms with E-state index in [1.165, 1.54) is 4.90 Å². The summed E-state index contributed by atoms with van der Waals surface area (Å²) >= 11 is 5.72. The van der Waals surface area contributed by atoms with Crippen LogP contribution in [-0.2, 0) is 4.79 Å². The summed E-state index contributed by atoms with van der Waals surface area (Å²) in [6.07, 6.45) is 2.32. The first-order valence-corrected chi connectivity index (χ1v) is 5.44. The Morgan fingerprint density at radius 3 is 3.00 bits per heavy atom. The van der Waals surface area contributed by atoms with Gasteiger partial charge in [-0.15, -0.1) is 0 Å². The number of amides is 2. The molecule has 86 valence electrons. The molecule has 0 spiro atoms. The molecule has 0 radical (unpaired) electrons.